The number of hydrogen-bond acceptors (Lipinski definition) is 6. The SMILES string of the molecule is CCn1c(CN2CCN(C(C)=O)CC2)nc2cc(NC(=O)c3ccc([N+](=O)[O-])cc3)ccc21. The molecule has 4 rings (SSSR count). The van der Waals surface area contributed by atoms with Gasteiger partial charge in [0.1, 0.15) is 5.82 Å². The number of aryl methyl sites for hydroxylation is 1. The molecule has 1 aliphatic rings. The van der Waals surface area contributed by atoms with Crippen molar-refractivity contribution in [1.82, 2.24) is 19.4 Å². The lowest BCUT2D eigenvalue weighted by Gasteiger charge is -2.33. The Balaban J connectivity index is 1.49. The molecule has 1 fully saturated rings. The second-order valence-corrected chi connectivity index (χ2v) is 8.02. The van der Waals surface area contributed by atoms with Crippen molar-refractivity contribution in [3.05, 3.63) is 64.0 Å². The number of nitrogens with one attached hydrogen (secondary N) is 1. The zero-order chi connectivity index (χ0) is 23.5. The zero-order valence-electron chi connectivity index (χ0n) is 18.7. The van der Waals surface area contributed by atoms with Gasteiger partial charge in [-0.05, 0) is 37.3 Å². The van der Waals surface area contributed by atoms with Crippen LogP contribution in [-0.4, -0.2) is 62.3 Å². The van der Waals surface area contributed by atoms with E-state index in [1.165, 1.54) is 24.3 Å². The second-order valence-electron chi connectivity index (χ2n) is 8.02. The molecule has 1 aromatic heterocycles. The predicted octanol–water partition coefficient (Wildman–Crippen LogP) is 2.88. The first-order valence-corrected chi connectivity index (χ1v) is 10.9. The van der Waals surface area contributed by atoms with Crippen molar-refractivity contribution in [3.8, 4) is 0 Å². The van der Waals surface area contributed by atoms with Crippen molar-refractivity contribution in [1.29, 1.82) is 0 Å². The summed E-state index contributed by atoms with van der Waals surface area (Å²) in [7, 11) is 0. The third-order valence-electron chi connectivity index (χ3n) is 5.92. The monoisotopic (exact) mass is 450 g/mol. The largest absolute Gasteiger partial charge is 0.340 e. The summed E-state index contributed by atoms with van der Waals surface area (Å²) in [5, 5.41) is 13.6. The summed E-state index contributed by atoms with van der Waals surface area (Å²) in [5.41, 5.74) is 2.66. The summed E-state index contributed by atoms with van der Waals surface area (Å²) >= 11 is 0. The van der Waals surface area contributed by atoms with E-state index in [0.717, 1.165) is 49.6 Å². The number of imidazole rings is 1. The van der Waals surface area contributed by atoms with Crippen LogP contribution < -0.4 is 5.32 Å². The van der Waals surface area contributed by atoms with E-state index in [1.54, 1.807) is 6.92 Å². The van der Waals surface area contributed by atoms with Gasteiger partial charge in [-0.25, -0.2) is 4.98 Å². The molecule has 0 atom stereocenters. The molecule has 0 spiro atoms. The number of amides is 2. The van der Waals surface area contributed by atoms with E-state index in [-0.39, 0.29) is 17.5 Å². The lowest BCUT2D eigenvalue weighted by molar-refractivity contribution is -0.384. The van der Waals surface area contributed by atoms with Gasteiger partial charge >= 0.3 is 0 Å². The number of anilines is 1. The van der Waals surface area contributed by atoms with E-state index in [2.05, 4.69) is 21.7 Å². The van der Waals surface area contributed by atoms with Crippen molar-refractivity contribution < 1.29 is 14.5 Å². The standard InChI is InChI=1S/C23H26N6O4/c1-3-28-21-9-6-18(24-23(31)17-4-7-19(8-5-17)29(32)33)14-20(21)25-22(28)15-26-10-12-27(13-11-26)16(2)30/h4-9,14H,3,10-13,15H2,1-2H3,(H,24,31). The minimum Gasteiger partial charge on any atom is -0.340 e. The lowest BCUT2D eigenvalue weighted by atomic mass is 10.2. The highest BCUT2D eigenvalue weighted by Gasteiger charge is 2.21. The highest BCUT2D eigenvalue weighted by molar-refractivity contribution is 6.05. The van der Waals surface area contributed by atoms with Gasteiger partial charge in [-0.2, -0.15) is 0 Å². The molecule has 2 amide bonds. The Morgan fingerprint density at radius 1 is 1.09 bits per heavy atom. The molecular weight excluding hydrogens is 424 g/mol. The Morgan fingerprint density at radius 2 is 1.79 bits per heavy atom. The number of benzene rings is 2. The number of carbonyl (C=O) groups excluding carboxylic acids is 2. The summed E-state index contributed by atoms with van der Waals surface area (Å²) in [4.78, 5) is 43.4. The topological polar surface area (TPSA) is 114 Å². The smallest absolute Gasteiger partial charge is 0.269 e. The number of piperazine rings is 1. The first-order valence-electron chi connectivity index (χ1n) is 10.9. The first-order chi connectivity index (χ1) is 15.9. The molecule has 3 aromatic rings. The molecule has 0 radical (unpaired) electrons. The van der Waals surface area contributed by atoms with Crippen molar-refractivity contribution in [2.45, 2.75) is 26.9 Å². The maximum absolute atomic E-state index is 12.6. The van der Waals surface area contributed by atoms with E-state index < -0.39 is 4.92 Å². The summed E-state index contributed by atoms with van der Waals surface area (Å²) in [6, 6.07) is 11.1. The Hall–Kier alpha value is -3.79. The summed E-state index contributed by atoms with van der Waals surface area (Å²) in [5.74, 6) is 0.712. The molecule has 2 heterocycles. The molecular formula is C23H26N6O4. The van der Waals surface area contributed by atoms with Gasteiger partial charge in [0.15, 0.2) is 0 Å². The Kier molecular flexibility index (Phi) is 6.36. The molecule has 0 saturated carbocycles. The summed E-state index contributed by atoms with van der Waals surface area (Å²) in [6.07, 6.45) is 0. The average Bonchev–Trinajstić information content (AvgIpc) is 3.15. The molecule has 33 heavy (non-hydrogen) atoms. The van der Waals surface area contributed by atoms with E-state index in [0.29, 0.717) is 17.8 Å². The molecule has 0 bridgehead atoms. The summed E-state index contributed by atoms with van der Waals surface area (Å²) in [6.45, 7) is 8.20. The fourth-order valence-corrected chi connectivity index (χ4v) is 4.09. The molecule has 172 valence electrons. The van der Waals surface area contributed by atoms with Gasteiger partial charge in [0, 0.05) is 63.0 Å². The number of nitro groups is 1. The van der Waals surface area contributed by atoms with Crippen molar-refractivity contribution in [2.24, 2.45) is 0 Å². The van der Waals surface area contributed by atoms with Crippen LogP contribution in [0.2, 0.25) is 0 Å². The van der Waals surface area contributed by atoms with Crippen LogP contribution in [0, 0.1) is 10.1 Å². The van der Waals surface area contributed by atoms with Gasteiger partial charge in [0.05, 0.1) is 22.5 Å². The maximum Gasteiger partial charge on any atom is 0.269 e. The molecule has 10 heteroatoms. The van der Waals surface area contributed by atoms with Crippen molar-refractivity contribution >= 4 is 34.2 Å². The number of hydrogen-bond donors (Lipinski definition) is 1. The van der Waals surface area contributed by atoms with E-state index in [1.807, 2.05) is 23.1 Å². The Morgan fingerprint density at radius 3 is 2.39 bits per heavy atom. The second kappa shape index (κ2) is 9.37. The van der Waals surface area contributed by atoms with Crippen molar-refractivity contribution in [2.75, 3.05) is 31.5 Å². The number of fused-ring (bicyclic) bond motifs is 1. The highest BCUT2D eigenvalue weighted by Crippen LogP contribution is 2.23. The van der Waals surface area contributed by atoms with Gasteiger partial charge < -0.3 is 14.8 Å². The third kappa shape index (κ3) is 4.85. The van der Waals surface area contributed by atoms with E-state index in [4.69, 9.17) is 4.98 Å². The molecule has 1 N–H and O–H groups in total. The molecule has 1 saturated heterocycles. The van der Waals surface area contributed by atoms with E-state index in [9.17, 15) is 19.7 Å². The third-order valence-corrected chi connectivity index (χ3v) is 5.92. The van der Waals surface area contributed by atoms with Gasteiger partial charge in [0.25, 0.3) is 11.6 Å². The van der Waals surface area contributed by atoms with Crippen LogP contribution in [0.1, 0.15) is 30.0 Å². The van der Waals surface area contributed by atoms with Crippen LogP contribution in [0.3, 0.4) is 0 Å². The number of rotatable bonds is 6. The van der Waals surface area contributed by atoms with Crippen LogP contribution in [0.5, 0.6) is 0 Å². The molecule has 0 unspecified atom stereocenters. The lowest BCUT2D eigenvalue weighted by Crippen LogP contribution is -2.47. The van der Waals surface area contributed by atoms with Gasteiger partial charge in [-0.15, -0.1) is 0 Å². The van der Waals surface area contributed by atoms with Crippen molar-refractivity contribution in [3.63, 3.8) is 0 Å². The summed E-state index contributed by atoms with van der Waals surface area (Å²) < 4.78 is 2.16. The Bertz CT molecular complexity index is 1200. The fourth-order valence-electron chi connectivity index (χ4n) is 4.09. The normalized spacial score (nSPS) is 14.4. The Labute approximate surface area is 190 Å². The number of carbonyl (C=O) groups is 2. The zero-order valence-corrected chi connectivity index (χ0v) is 18.7. The van der Waals surface area contributed by atoms with Crippen LogP contribution in [0.25, 0.3) is 11.0 Å². The molecule has 0 aliphatic carbocycles. The molecule has 2 aromatic carbocycles. The minimum absolute atomic E-state index is 0.0617. The quantitative estimate of drug-likeness (QED) is 0.456. The number of nitrogens with zero attached hydrogens (tertiary/aromatic N) is 5. The number of non-ortho nitro benzene ring substituents is 1. The minimum atomic E-state index is -0.500. The maximum atomic E-state index is 12.6. The number of aromatic nitrogens is 2. The molecule has 10 nitrogen and oxygen atoms in total. The predicted molar refractivity (Wildman–Crippen MR) is 124 cm³/mol. The molecule has 1 aliphatic heterocycles. The fraction of sp³-hybridized carbons (Fsp3) is 0.348. The van der Waals surface area contributed by atoms with Crippen LogP contribution in [0.4, 0.5) is 11.4 Å². The number of nitro benzene ring substituents is 1. The highest BCUT2D eigenvalue weighted by atomic mass is 16.6. The van der Waals surface area contributed by atoms with Crippen LogP contribution in [-0.2, 0) is 17.9 Å². The van der Waals surface area contributed by atoms with Crippen LogP contribution in [0.15, 0.2) is 42.5 Å². The average molecular weight is 450 g/mol. The van der Waals surface area contributed by atoms with Crippen LogP contribution >= 0.6 is 0 Å². The first kappa shape index (κ1) is 22.4. The van der Waals surface area contributed by atoms with Gasteiger partial charge in [0.2, 0.25) is 5.91 Å². The van der Waals surface area contributed by atoms with Gasteiger partial charge in [-0.3, -0.25) is 24.6 Å². The van der Waals surface area contributed by atoms with E-state index >= 15 is 0 Å². The van der Waals surface area contributed by atoms with Gasteiger partial charge in [-0.1, -0.05) is 0 Å².